The minimum Gasteiger partial charge on any atom is -0.339 e. The highest BCUT2D eigenvalue weighted by atomic mass is 32.2. The van der Waals surface area contributed by atoms with Gasteiger partial charge < -0.3 is 9.80 Å². The van der Waals surface area contributed by atoms with Crippen LogP contribution in [0.25, 0.3) is 0 Å². The van der Waals surface area contributed by atoms with Crippen LogP contribution in [0.15, 0.2) is 40.6 Å². The SMILES string of the molecule is Cc1ccsc1CN(C)C(=O)CNS(=O)(=O)c1ccc(N2CCCC2=O)cc1. The van der Waals surface area contributed by atoms with Gasteiger partial charge in [0.1, 0.15) is 0 Å². The molecule has 0 aliphatic carbocycles. The molecule has 0 saturated carbocycles. The number of thiophene rings is 1. The Morgan fingerprint density at radius 1 is 1.25 bits per heavy atom. The van der Waals surface area contributed by atoms with Gasteiger partial charge in [0.2, 0.25) is 21.8 Å². The van der Waals surface area contributed by atoms with E-state index in [2.05, 4.69) is 4.72 Å². The molecular weight excluding hydrogens is 398 g/mol. The van der Waals surface area contributed by atoms with Crippen molar-refractivity contribution in [2.45, 2.75) is 31.2 Å². The lowest BCUT2D eigenvalue weighted by molar-refractivity contribution is -0.129. The molecule has 0 atom stereocenters. The van der Waals surface area contributed by atoms with E-state index in [0.717, 1.165) is 16.9 Å². The van der Waals surface area contributed by atoms with Crippen LogP contribution in [-0.4, -0.2) is 45.3 Å². The van der Waals surface area contributed by atoms with Crippen molar-refractivity contribution in [2.24, 2.45) is 0 Å². The third-order valence-electron chi connectivity index (χ3n) is 4.72. The van der Waals surface area contributed by atoms with Gasteiger partial charge in [0, 0.05) is 30.6 Å². The zero-order valence-corrected chi connectivity index (χ0v) is 17.5. The van der Waals surface area contributed by atoms with E-state index >= 15 is 0 Å². The number of likely N-dealkylation sites (N-methyl/N-ethyl adjacent to an activating group) is 1. The lowest BCUT2D eigenvalue weighted by atomic mass is 10.3. The highest BCUT2D eigenvalue weighted by Gasteiger charge is 2.23. The summed E-state index contributed by atoms with van der Waals surface area (Å²) in [5.41, 5.74) is 1.80. The molecule has 0 unspecified atom stereocenters. The molecule has 9 heteroatoms. The molecule has 150 valence electrons. The Morgan fingerprint density at radius 2 is 1.96 bits per heavy atom. The number of carbonyl (C=O) groups is 2. The molecular formula is C19H23N3O4S2. The van der Waals surface area contributed by atoms with Gasteiger partial charge in [0.15, 0.2) is 0 Å². The van der Waals surface area contributed by atoms with Crippen LogP contribution in [0, 0.1) is 6.92 Å². The van der Waals surface area contributed by atoms with Crippen LogP contribution in [0.2, 0.25) is 0 Å². The predicted octanol–water partition coefficient (Wildman–Crippen LogP) is 2.12. The molecule has 1 aromatic heterocycles. The highest BCUT2D eigenvalue weighted by molar-refractivity contribution is 7.89. The van der Waals surface area contributed by atoms with Gasteiger partial charge in [-0.25, -0.2) is 13.1 Å². The minimum absolute atomic E-state index is 0.0448. The first kappa shape index (κ1) is 20.5. The number of hydrogen-bond donors (Lipinski definition) is 1. The van der Waals surface area contributed by atoms with E-state index in [1.807, 2.05) is 18.4 Å². The van der Waals surface area contributed by atoms with Gasteiger partial charge in [-0.2, -0.15) is 0 Å². The number of rotatable bonds is 7. The number of sulfonamides is 1. The molecule has 2 aromatic rings. The monoisotopic (exact) mass is 421 g/mol. The summed E-state index contributed by atoms with van der Waals surface area (Å²) in [5.74, 6) is -0.265. The Morgan fingerprint density at radius 3 is 2.54 bits per heavy atom. The highest BCUT2D eigenvalue weighted by Crippen LogP contribution is 2.23. The largest absolute Gasteiger partial charge is 0.339 e. The fourth-order valence-corrected chi connectivity index (χ4v) is 4.90. The van der Waals surface area contributed by atoms with Crippen LogP contribution < -0.4 is 9.62 Å². The Balaban J connectivity index is 1.59. The van der Waals surface area contributed by atoms with Crippen LogP contribution in [0.4, 0.5) is 5.69 Å². The molecule has 0 radical (unpaired) electrons. The minimum atomic E-state index is -3.81. The van der Waals surface area contributed by atoms with Crippen molar-refractivity contribution in [1.29, 1.82) is 0 Å². The van der Waals surface area contributed by atoms with Crippen molar-refractivity contribution in [2.75, 3.05) is 25.0 Å². The van der Waals surface area contributed by atoms with Crippen LogP contribution >= 0.6 is 11.3 Å². The maximum Gasteiger partial charge on any atom is 0.241 e. The lowest BCUT2D eigenvalue weighted by Gasteiger charge is -2.18. The zero-order valence-electron chi connectivity index (χ0n) is 15.8. The van der Waals surface area contributed by atoms with Crippen LogP contribution in [-0.2, 0) is 26.2 Å². The average Bonchev–Trinajstić information content (AvgIpc) is 3.28. The second kappa shape index (κ2) is 8.42. The number of hydrogen-bond acceptors (Lipinski definition) is 5. The second-order valence-corrected chi connectivity index (χ2v) is 9.51. The van der Waals surface area contributed by atoms with E-state index in [0.29, 0.717) is 25.2 Å². The molecule has 1 aliphatic heterocycles. The smallest absolute Gasteiger partial charge is 0.241 e. The first-order chi connectivity index (χ1) is 13.3. The van der Waals surface area contributed by atoms with E-state index < -0.39 is 10.0 Å². The molecule has 3 rings (SSSR count). The molecule has 2 amide bonds. The summed E-state index contributed by atoms with van der Waals surface area (Å²) < 4.78 is 27.3. The van der Waals surface area contributed by atoms with Gasteiger partial charge in [-0.3, -0.25) is 9.59 Å². The van der Waals surface area contributed by atoms with E-state index in [4.69, 9.17) is 0 Å². The number of nitrogens with one attached hydrogen (secondary N) is 1. The maximum atomic E-state index is 12.5. The van der Waals surface area contributed by atoms with Crippen molar-refractivity contribution in [3.05, 3.63) is 46.2 Å². The molecule has 0 spiro atoms. The number of anilines is 1. The average molecular weight is 422 g/mol. The number of aryl methyl sites for hydroxylation is 1. The van der Waals surface area contributed by atoms with Gasteiger partial charge in [0.05, 0.1) is 18.0 Å². The zero-order chi connectivity index (χ0) is 20.3. The number of carbonyl (C=O) groups excluding carboxylic acids is 2. The van der Waals surface area contributed by atoms with Crippen molar-refractivity contribution in [1.82, 2.24) is 9.62 Å². The molecule has 1 fully saturated rings. The molecule has 1 saturated heterocycles. The number of nitrogens with zero attached hydrogens (tertiary/aromatic N) is 2. The van der Waals surface area contributed by atoms with Crippen LogP contribution in [0.3, 0.4) is 0 Å². The molecule has 1 aromatic carbocycles. The Hall–Kier alpha value is -2.23. The molecule has 2 heterocycles. The summed E-state index contributed by atoms with van der Waals surface area (Å²) in [6, 6.07) is 8.12. The van der Waals surface area contributed by atoms with Crippen molar-refractivity contribution >= 4 is 38.9 Å². The second-order valence-electron chi connectivity index (χ2n) is 6.74. The van der Waals surface area contributed by atoms with E-state index in [9.17, 15) is 18.0 Å². The van der Waals surface area contributed by atoms with Crippen LogP contribution in [0.1, 0.15) is 23.3 Å². The summed E-state index contributed by atoms with van der Waals surface area (Å²) in [5, 5.41) is 1.96. The Kier molecular flexibility index (Phi) is 6.17. The Bertz CT molecular complexity index is 967. The summed E-state index contributed by atoms with van der Waals surface area (Å²) in [4.78, 5) is 28.4. The summed E-state index contributed by atoms with van der Waals surface area (Å²) in [7, 11) is -2.16. The van der Waals surface area contributed by atoms with Crippen molar-refractivity contribution in [3.63, 3.8) is 0 Å². The first-order valence-electron chi connectivity index (χ1n) is 8.95. The summed E-state index contributed by atoms with van der Waals surface area (Å²) in [6.45, 7) is 2.76. The van der Waals surface area contributed by atoms with E-state index in [-0.39, 0.29) is 23.3 Å². The lowest BCUT2D eigenvalue weighted by Crippen LogP contribution is -2.37. The molecule has 1 aliphatic rings. The summed E-state index contributed by atoms with van der Waals surface area (Å²) >= 11 is 1.57. The van der Waals surface area contributed by atoms with Crippen molar-refractivity contribution in [3.8, 4) is 0 Å². The topological polar surface area (TPSA) is 86.8 Å². The molecule has 7 nitrogen and oxygen atoms in total. The van der Waals surface area contributed by atoms with Crippen molar-refractivity contribution < 1.29 is 18.0 Å². The van der Waals surface area contributed by atoms with Crippen LogP contribution in [0.5, 0.6) is 0 Å². The first-order valence-corrected chi connectivity index (χ1v) is 11.3. The van der Waals surface area contributed by atoms with Gasteiger partial charge >= 0.3 is 0 Å². The molecule has 28 heavy (non-hydrogen) atoms. The number of benzene rings is 1. The predicted molar refractivity (Wildman–Crippen MR) is 109 cm³/mol. The van der Waals surface area contributed by atoms with Gasteiger partial charge in [-0.05, 0) is 54.6 Å². The standard InChI is InChI=1S/C19H23N3O4S2/c1-14-9-11-27-17(14)13-21(2)19(24)12-20-28(25,26)16-7-5-15(6-8-16)22-10-3-4-18(22)23/h5-9,11,20H,3-4,10,12-13H2,1-2H3. The third kappa shape index (κ3) is 4.60. The third-order valence-corrected chi connectivity index (χ3v) is 7.15. The maximum absolute atomic E-state index is 12.5. The quantitative estimate of drug-likeness (QED) is 0.742. The number of amides is 2. The van der Waals surface area contributed by atoms with Gasteiger partial charge in [-0.1, -0.05) is 0 Å². The summed E-state index contributed by atoms with van der Waals surface area (Å²) in [6.07, 6.45) is 1.32. The van der Waals surface area contributed by atoms with Gasteiger partial charge in [-0.15, -0.1) is 11.3 Å². The van der Waals surface area contributed by atoms with E-state index in [1.165, 1.54) is 17.0 Å². The normalized spacial score (nSPS) is 14.5. The fourth-order valence-electron chi connectivity index (χ4n) is 2.97. The Labute approximate surface area is 169 Å². The fraction of sp³-hybridized carbons (Fsp3) is 0.368. The molecule has 1 N–H and O–H groups in total. The van der Waals surface area contributed by atoms with E-state index in [1.54, 1.807) is 35.4 Å². The molecule has 0 bridgehead atoms. The van der Waals surface area contributed by atoms with Gasteiger partial charge in [0.25, 0.3) is 0 Å².